The SMILES string of the molecule is CC[C@H](C)[C@@H]([C@@H](CC(=O)N1CCC[C@H]1[C@H](OC)[C@@H](C)C(=O)N[C@@H](Cc1ccccc1)c1nccs1)OC)N(C)C(=O)[C@@H](CC(=O)[C@H](C(C)C)N(C)C(C)C)C(C)C. The summed E-state index contributed by atoms with van der Waals surface area (Å²) in [4.78, 5) is 66.9. The summed E-state index contributed by atoms with van der Waals surface area (Å²) in [5.74, 6) is -1.28. The van der Waals surface area contributed by atoms with Crippen LogP contribution in [0.3, 0.4) is 0 Å². The number of methoxy groups -OCH3 is 2. The number of hydrogen-bond donors (Lipinski definition) is 1. The van der Waals surface area contributed by atoms with E-state index < -0.39 is 30.1 Å². The summed E-state index contributed by atoms with van der Waals surface area (Å²) in [7, 11) is 6.98. The summed E-state index contributed by atoms with van der Waals surface area (Å²) in [6, 6.07) is 8.94. The highest BCUT2D eigenvalue weighted by Gasteiger charge is 2.43. The maximum absolute atomic E-state index is 14.5. The molecule has 3 amide bonds. The summed E-state index contributed by atoms with van der Waals surface area (Å²) in [5.41, 5.74) is 1.10. The lowest BCUT2D eigenvalue weighted by Gasteiger charge is -2.41. The minimum atomic E-state index is -0.583. The molecule has 12 heteroatoms. The van der Waals surface area contributed by atoms with Crippen molar-refractivity contribution in [2.45, 2.75) is 143 Å². The molecule has 0 aliphatic carbocycles. The van der Waals surface area contributed by atoms with Gasteiger partial charge in [0, 0.05) is 57.8 Å². The molecule has 3 rings (SSSR count). The summed E-state index contributed by atoms with van der Waals surface area (Å²) < 4.78 is 12.2. The van der Waals surface area contributed by atoms with Gasteiger partial charge in [-0.1, -0.05) is 85.2 Å². The van der Waals surface area contributed by atoms with Crippen molar-refractivity contribution in [1.29, 1.82) is 0 Å². The molecule has 1 aromatic heterocycles. The van der Waals surface area contributed by atoms with Gasteiger partial charge in [-0.2, -0.15) is 0 Å². The number of likely N-dealkylation sites (tertiary alicyclic amines) is 1. The Bertz CT molecular complexity index is 1540. The maximum atomic E-state index is 14.5. The number of nitrogens with zero attached hydrogens (tertiary/aromatic N) is 4. The molecule has 1 saturated heterocycles. The predicted octanol–water partition coefficient (Wildman–Crippen LogP) is 7.06. The van der Waals surface area contributed by atoms with E-state index in [0.717, 1.165) is 23.4 Å². The molecule has 1 aliphatic rings. The Morgan fingerprint density at radius 1 is 0.947 bits per heavy atom. The number of thiazole rings is 1. The van der Waals surface area contributed by atoms with Crippen LogP contribution < -0.4 is 5.32 Å². The lowest BCUT2D eigenvalue weighted by molar-refractivity contribution is -0.149. The van der Waals surface area contributed by atoms with Crippen molar-refractivity contribution in [1.82, 2.24) is 25.0 Å². The van der Waals surface area contributed by atoms with Gasteiger partial charge in [-0.3, -0.25) is 24.1 Å². The van der Waals surface area contributed by atoms with E-state index in [4.69, 9.17) is 9.47 Å². The van der Waals surface area contributed by atoms with Gasteiger partial charge in [0.2, 0.25) is 17.7 Å². The van der Waals surface area contributed by atoms with Gasteiger partial charge < -0.3 is 24.6 Å². The number of benzene rings is 1. The Morgan fingerprint density at radius 2 is 1.61 bits per heavy atom. The zero-order chi connectivity index (χ0) is 42.6. The lowest BCUT2D eigenvalue weighted by atomic mass is 9.83. The van der Waals surface area contributed by atoms with Crippen LogP contribution in [-0.2, 0) is 35.1 Å². The van der Waals surface area contributed by atoms with E-state index in [-0.39, 0.29) is 78.3 Å². The molecule has 1 N–H and O–H groups in total. The zero-order valence-electron chi connectivity index (χ0n) is 37.1. The molecule has 11 nitrogen and oxygen atoms in total. The van der Waals surface area contributed by atoms with Gasteiger partial charge in [0.15, 0.2) is 5.78 Å². The third-order valence-electron chi connectivity index (χ3n) is 12.4. The molecule has 2 aromatic rings. The molecule has 0 spiro atoms. The van der Waals surface area contributed by atoms with Crippen LogP contribution in [0.15, 0.2) is 41.9 Å². The second kappa shape index (κ2) is 22.8. The first-order valence-electron chi connectivity index (χ1n) is 21.1. The number of likely N-dealkylation sites (N-methyl/N-ethyl adjacent to an activating group) is 2. The normalized spacial score (nSPS) is 19.0. The predicted molar refractivity (Wildman–Crippen MR) is 229 cm³/mol. The second-order valence-corrected chi connectivity index (χ2v) is 18.1. The first-order chi connectivity index (χ1) is 27.0. The molecule has 0 saturated carbocycles. The summed E-state index contributed by atoms with van der Waals surface area (Å²) >= 11 is 1.51. The van der Waals surface area contributed by atoms with Crippen LogP contribution in [0.5, 0.6) is 0 Å². The molecule has 1 aromatic carbocycles. The Labute approximate surface area is 347 Å². The molecule has 0 unspecified atom stereocenters. The summed E-state index contributed by atoms with van der Waals surface area (Å²) in [6.07, 6.45) is 3.73. The van der Waals surface area contributed by atoms with Crippen LogP contribution in [0.4, 0.5) is 0 Å². The topological polar surface area (TPSA) is 121 Å². The van der Waals surface area contributed by atoms with E-state index >= 15 is 0 Å². The molecule has 57 heavy (non-hydrogen) atoms. The van der Waals surface area contributed by atoms with Crippen molar-refractivity contribution >= 4 is 34.8 Å². The molecule has 1 fully saturated rings. The van der Waals surface area contributed by atoms with Crippen LogP contribution in [0, 0.1) is 29.6 Å². The number of rotatable bonds is 23. The number of ether oxygens (including phenoxy) is 2. The molecule has 2 heterocycles. The Hall–Kier alpha value is -3.19. The van der Waals surface area contributed by atoms with Crippen molar-refractivity contribution in [2.24, 2.45) is 29.6 Å². The average Bonchev–Trinajstić information content (AvgIpc) is 3.90. The van der Waals surface area contributed by atoms with Crippen LogP contribution in [0.1, 0.15) is 111 Å². The minimum Gasteiger partial charge on any atom is -0.379 e. The number of carbonyl (C=O) groups is 4. The van der Waals surface area contributed by atoms with Gasteiger partial charge >= 0.3 is 0 Å². The monoisotopic (exact) mass is 812 g/mol. The van der Waals surface area contributed by atoms with Crippen LogP contribution in [0.25, 0.3) is 0 Å². The number of carbonyl (C=O) groups excluding carboxylic acids is 4. The third kappa shape index (κ3) is 12.7. The average molecular weight is 812 g/mol. The fraction of sp³-hybridized carbons (Fsp3) is 0.711. The van der Waals surface area contributed by atoms with Crippen molar-refractivity contribution in [3.63, 3.8) is 0 Å². The molecule has 320 valence electrons. The number of Topliss-reactive ketones (excluding diaryl/α,β-unsaturated/α-hetero) is 1. The maximum Gasteiger partial charge on any atom is 0.226 e. The first kappa shape index (κ1) is 48.2. The summed E-state index contributed by atoms with van der Waals surface area (Å²) in [5, 5.41) is 5.99. The second-order valence-electron chi connectivity index (χ2n) is 17.2. The smallest absolute Gasteiger partial charge is 0.226 e. The molecular formula is C45H73N5O6S. The highest BCUT2D eigenvalue weighted by molar-refractivity contribution is 7.09. The van der Waals surface area contributed by atoms with E-state index in [9.17, 15) is 19.2 Å². The quantitative estimate of drug-likeness (QED) is 0.127. The number of amides is 3. The van der Waals surface area contributed by atoms with E-state index in [1.165, 1.54) is 11.3 Å². The minimum absolute atomic E-state index is 0.0159. The van der Waals surface area contributed by atoms with E-state index in [2.05, 4.69) is 56.7 Å². The van der Waals surface area contributed by atoms with Gasteiger partial charge in [-0.25, -0.2) is 4.98 Å². The highest BCUT2D eigenvalue weighted by atomic mass is 32.1. The fourth-order valence-electron chi connectivity index (χ4n) is 8.66. The van der Waals surface area contributed by atoms with E-state index in [1.54, 1.807) is 32.4 Å². The van der Waals surface area contributed by atoms with Gasteiger partial charge in [0.05, 0.1) is 48.7 Å². The molecular weight excluding hydrogens is 739 g/mol. The number of ketones is 1. The lowest BCUT2D eigenvalue weighted by Crippen LogP contribution is -2.54. The number of nitrogens with one attached hydrogen (secondary N) is 1. The van der Waals surface area contributed by atoms with Crippen LogP contribution in [0.2, 0.25) is 0 Å². The third-order valence-corrected chi connectivity index (χ3v) is 13.3. The molecule has 9 atom stereocenters. The molecule has 0 bridgehead atoms. The number of hydrogen-bond acceptors (Lipinski definition) is 9. The van der Waals surface area contributed by atoms with Gasteiger partial charge in [0.1, 0.15) is 5.01 Å². The molecule has 0 radical (unpaired) electrons. The van der Waals surface area contributed by atoms with Crippen molar-refractivity contribution in [2.75, 3.05) is 34.9 Å². The Morgan fingerprint density at radius 3 is 2.14 bits per heavy atom. The highest BCUT2D eigenvalue weighted by Crippen LogP contribution is 2.32. The zero-order valence-corrected chi connectivity index (χ0v) is 37.9. The Balaban J connectivity index is 1.80. The van der Waals surface area contributed by atoms with Crippen LogP contribution in [-0.4, -0.2) is 114 Å². The van der Waals surface area contributed by atoms with Gasteiger partial charge in [-0.05, 0) is 63.5 Å². The Kier molecular flexibility index (Phi) is 19.3. The molecule has 1 aliphatic heterocycles. The van der Waals surface area contributed by atoms with Gasteiger partial charge in [-0.15, -0.1) is 11.3 Å². The van der Waals surface area contributed by atoms with Crippen molar-refractivity contribution in [3.05, 3.63) is 52.5 Å². The fourth-order valence-corrected chi connectivity index (χ4v) is 9.35. The van der Waals surface area contributed by atoms with Gasteiger partial charge in [0.25, 0.3) is 0 Å². The first-order valence-corrected chi connectivity index (χ1v) is 22.0. The number of aromatic nitrogens is 1. The van der Waals surface area contributed by atoms with Crippen molar-refractivity contribution < 1.29 is 28.7 Å². The van der Waals surface area contributed by atoms with E-state index in [0.29, 0.717) is 19.4 Å². The van der Waals surface area contributed by atoms with Crippen LogP contribution >= 0.6 is 11.3 Å². The van der Waals surface area contributed by atoms with E-state index in [1.807, 2.05) is 68.4 Å². The standard InChI is InChI=1S/C45H73N5O6S/c1-14-31(8)41(49(11)45(54)34(28(2)3)26-37(51)40(29(4)5)48(10)30(6)7)38(55-12)27-39(52)50-23-18-21-36(50)42(56-13)32(9)43(53)47-35(44-46-22-24-57-44)25-33-19-16-15-17-20-33/h15-17,19-20,22,24,28-32,34-36,38,40-42H,14,18,21,23,25-27H2,1-13H3,(H,47,53)/t31-,32+,34-,35-,36-,38+,40-,41-,42+/m0/s1. The largest absolute Gasteiger partial charge is 0.379 e. The summed E-state index contributed by atoms with van der Waals surface area (Å²) in [6.45, 7) is 18.8. The van der Waals surface area contributed by atoms with Crippen molar-refractivity contribution in [3.8, 4) is 0 Å².